The number of H-pyrrole nitrogens is 1. The van der Waals surface area contributed by atoms with Gasteiger partial charge in [0.2, 0.25) is 0 Å². The van der Waals surface area contributed by atoms with E-state index in [-0.39, 0.29) is 10.8 Å². The second kappa shape index (κ2) is 6.06. The van der Waals surface area contributed by atoms with Crippen LogP contribution >= 0.6 is 34.5 Å². The summed E-state index contributed by atoms with van der Waals surface area (Å²) < 4.78 is 0. The number of benzene rings is 1. The molecule has 0 bridgehead atoms. The summed E-state index contributed by atoms with van der Waals surface area (Å²) in [5.74, 6) is -0.182. The topological polar surface area (TPSA) is 45.8 Å². The van der Waals surface area contributed by atoms with Gasteiger partial charge in [-0.2, -0.15) is 11.3 Å². The number of fused-ring (bicyclic) bond motifs is 1. The van der Waals surface area contributed by atoms with Crippen LogP contribution in [0.25, 0.3) is 22.2 Å². The van der Waals surface area contributed by atoms with Gasteiger partial charge in [-0.25, -0.2) is 4.98 Å². The molecule has 24 heavy (non-hydrogen) atoms. The van der Waals surface area contributed by atoms with E-state index in [0.29, 0.717) is 21.8 Å². The summed E-state index contributed by atoms with van der Waals surface area (Å²) in [7, 11) is 0. The van der Waals surface area contributed by atoms with E-state index < -0.39 is 0 Å². The highest BCUT2D eigenvalue weighted by Gasteiger charge is 2.19. The van der Waals surface area contributed by atoms with Crippen LogP contribution in [0, 0.1) is 0 Å². The smallest absolute Gasteiger partial charge is 0.196 e. The van der Waals surface area contributed by atoms with Crippen molar-refractivity contribution >= 4 is 51.4 Å². The molecule has 4 rings (SSSR count). The molecule has 1 aromatic carbocycles. The molecule has 6 heteroatoms. The molecule has 0 amide bonds. The zero-order valence-corrected chi connectivity index (χ0v) is 14.5. The fourth-order valence-corrected chi connectivity index (χ4v) is 3.65. The second-order valence-electron chi connectivity index (χ2n) is 5.27. The summed E-state index contributed by atoms with van der Waals surface area (Å²) in [6, 6.07) is 9.03. The van der Waals surface area contributed by atoms with E-state index in [9.17, 15) is 4.79 Å². The van der Waals surface area contributed by atoms with Crippen molar-refractivity contribution in [1.82, 2.24) is 9.97 Å². The number of aromatic nitrogens is 2. The number of thiophene rings is 1. The van der Waals surface area contributed by atoms with Crippen molar-refractivity contribution in [3.63, 3.8) is 0 Å². The maximum Gasteiger partial charge on any atom is 0.196 e. The van der Waals surface area contributed by atoms with E-state index in [0.717, 1.165) is 16.5 Å². The van der Waals surface area contributed by atoms with Gasteiger partial charge >= 0.3 is 0 Å². The van der Waals surface area contributed by atoms with Crippen molar-refractivity contribution in [1.29, 1.82) is 0 Å². The second-order valence-corrected chi connectivity index (χ2v) is 6.83. The molecule has 3 aromatic heterocycles. The Morgan fingerprint density at radius 3 is 2.79 bits per heavy atom. The van der Waals surface area contributed by atoms with Crippen molar-refractivity contribution < 1.29 is 4.79 Å². The van der Waals surface area contributed by atoms with E-state index in [1.807, 2.05) is 22.9 Å². The molecular weight excluding hydrogens is 363 g/mol. The molecule has 4 aromatic rings. The number of aromatic amines is 1. The number of carbonyl (C=O) groups is 1. The monoisotopic (exact) mass is 372 g/mol. The summed E-state index contributed by atoms with van der Waals surface area (Å²) in [4.78, 5) is 20.4. The van der Waals surface area contributed by atoms with E-state index >= 15 is 0 Å². The highest BCUT2D eigenvalue weighted by atomic mass is 35.5. The number of pyridine rings is 1. The number of nitrogens with zero attached hydrogens (tertiary/aromatic N) is 1. The third-order valence-electron chi connectivity index (χ3n) is 3.83. The minimum Gasteiger partial charge on any atom is -0.345 e. The van der Waals surface area contributed by atoms with Crippen molar-refractivity contribution in [2.75, 3.05) is 0 Å². The lowest BCUT2D eigenvalue weighted by Crippen LogP contribution is -2.01. The molecule has 0 spiro atoms. The number of ketones is 1. The summed E-state index contributed by atoms with van der Waals surface area (Å²) >= 11 is 13.8. The van der Waals surface area contributed by atoms with Crippen molar-refractivity contribution in [2.24, 2.45) is 0 Å². The van der Waals surface area contributed by atoms with Gasteiger partial charge in [0.05, 0.1) is 10.0 Å². The lowest BCUT2D eigenvalue weighted by Gasteiger charge is -2.05. The molecular formula is C18H10Cl2N2OS. The molecule has 0 saturated carbocycles. The average Bonchev–Trinajstić information content (AvgIpc) is 3.25. The maximum atomic E-state index is 12.9. The summed E-state index contributed by atoms with van der Waals surface area (Å²) in [6.07, 6.45) is 3.45. The summed E-state index contributed by atoms with van der Waals surface area (Å²) in [5.41, 5.74) is 3.62. The van der Waals surface area contributed by atoms with Gasteiger partial charge in [0.1, 0.15) is 5.65 Å². The van der Waals surface area contributed by atoms with Gasteiger partial charge in [-0.1, -0.05) is 29.3 Å². The molecule has 3 heterocycles. The first-order valence-electron chi connectivity index (χ1n) is 7.13. The van der Waals surface area contributed by atoms with Gasteiger partial charge in [0.15, 0.2) is 5.78 Å². The zero-order valence-electron chi connectivity index (χ0n) is 12.2. The Balaban J connectivity index is 1.86. The third-order valence-corrected chi connectivity index (χ3v) is 5.33. The molecule has 0 atom stereocenters. The summed E-state index contributed by atoms with van der Waals surface area (Å²) in [6.45, 7) is 0. The molecule has 0 unspecified atom stereocenters. The van der Waals surface area contributed by atoms with Crippen LogP contribution in [0.4, 0.5) is 0 Å². The zero-order chi connectivity index (χ0) is 16.7. The molecule has 118 valence electrons. The molecule has 0 aliphatic carbocycles. The van der Waals surface area contributed by atoms with Gasteiger partial charge < -0.3 is 4.98 Å². The van der Waals surface area contributed by atoms with Crippen LogP contribution < -0.4 is 0 Å². The van der Waals surface area contributed by atoms with Crippen LogP contribution in [-0.2, 0) is 0 Å². The predicted molar refractivity (Wildman–Crippen MR) is 99.3 cm³/mol. The number of hydrogen-bond acceptors (Lipinski definition) is 3. The van der Waals surface area contributed by atoms with Crippen LogP contribution in [0.3, 0.4) is 0 Å². The quantitative estimate of drug-likeness (QED) is 0.459. The number of nitrogens with one attached hydrogen (secondary N) is 1. The van der Waals surface area contributed by atoms with E-state index in [1.54, 1.807) is 41.9 Å². The first-order chi connectivity index (χ1) is 11.6. The minimum absolute atomic E-state index is 0.182. The largest absolute Gasteiger partial charge is 0.345 e. The minimum atomic E-state index is -0.182. The van der Waals surface area contributed by atoms with Gasteiger partial charge in [0.25, 0.3) is 0 Å². The highest BCUT2D eigenvalue weighted by molar-refractivity contribution is 7.08. The molecule has 0 fully saturated rings. The lowest BCUT2D eigenvalue weighted by atomic mass is 10.0. The molecule has 0 aliphatic heterocycles. The summed E-state index contributed by atoms with van der Waals surface area (Å²) in [5, 5.41) is 5.44. The van der Waals surface area contributed by atoms with Gasteiger partial charge in [0, 0.05) is 34.5 Å². The van der Waals surface area contributed by atoms with E-state index in [4.69, 9.17) is 23.2 Å². The van der Waals surface area contributed by atoms with Gasteiger partial charge in [-0.05, 0) is 40.6 Å². The molecule has 1 N–H and O–H groups in total. The highest BCUT2D eigenvalue weighted by Crippen LogP contribution is 2.31. The SMILES string of the molecule is O=C(c1cccc(Cl)c1Cl)c1c[nH]c2ncc(-c3ccsc3)cc12. The van der Waals surface area contributed by atoms with Gasteiger partial charge in [-0.15, -0.1) is 0 Å². The Bertz CT molecular complexity index is 1050. The fraction of sp³-hybridized carbons (Fsp3) is 0. The van der Waals surface area contributed by atoms with Gasteiger partial charge in [-0.3, -0.25) is 4.79 Å². The Hall–Kier alpha value is -2.14. The van der Waals surface area contributed by atoms with Crippen LogP contribution in [0.1, 0.15) is 15.9 Å². The van der Waals surface area contributed by atoms with Crippen molar-refractivity contribution in [3.8, 4) is 11.1 Å². The van der Waals surface area contributed by atoms with E-state index in [2.05, 4.69) is 9.97 Å². The fourth-order valence-electron chi connectivity index (χ4n) is 2.60. The van der Waals surface area contributed by atoms with Crippen LogP contribution in [0.2, 0.25) is 10.0 Å². The molecule has 3 nitrogen and oxygen atoms in total. The Labute approximate surface area is 151 Å². The Morgan fingerprint density at radius 1 is 1.12 bits per heavy atom. The van der Waals surface area contributed by atoms with Crippen LogP contribution in [-0.4, -0.2) is 15.8 Å². The number of carbonyl (C=O) groups excluding carboxylic acids is 1. The van der Waals surface area contributed by atoms with Crippen molar-refractivity contribution in [3.05, 3.63) is 74.7 Å². The van der Waals surface area contributed by atoms with Crippen LogP contribution in [0.15, 0.2) is 53.5 Å². The lowest BCUT2D eigenvalue weighted by molar-refractivity contribution is 0.104. The number of rotatable bonds is 3. The third kappa shape index (κ3) is 2.53. The first-order valence-corrected chi connectivity index (χ1v) is 8.83. The van der Waals surface area contributed by atoms with Crippen molar-refractivity contribution in [2.45, 2.75) is 0 Å². The first kappa shape index (κ1) is 15.4. The standard InChI is InChI=1S/C18H10Cl2N2OS/c19-15-3-1-2-12(16(15)20)17(23)14-8-22-18-13(14)6-11(7-21-18)10-4-5-24-9-10/h1-9H,(H,21,22). The molecule has 0 aliphatic rings. The average molecular weight is 373 g/mol. The molecule has 0 saturated heterocycles. The maximum absolute atomic E-state index is 12.9. The van der Waals surface area contributed by atoms with E-state index in [1.165, 1.54) is 0 Å². The molecule has 0 radical (unpaired) electrons. The predicted octanol–water partition coefficient (Wildman–Crippen LogP) is 5.83. The van der Waals surface area contributed by atoms with Crippen LogP contribution in [0.5, 0.6) is 0 Å². The Morgan fingerprint density at radius 2 is 2.00 bits per heavy atom. The normalized spacial score (nSPS) is 11.1. The number of halogens is 2. The Kier molecular flexibility index (Phi) is 3.88. The number of hydrogen-bond donors (Lipinski definition) is 1.